The summed E-state index contributed by atoms with van der Waals surface area (Å²) in [6, 6.07) is 9.87. The summed E-state index contributed by atoms with van der Waals surface area (Å²) in [4.78, 5) is 10.7. The van der Waals surface area contributed by atoms with Crippen LogP contribution in [0.15, 0.2) is 24.3 Å². The number of carbonyl (C=O) groups excluding carboxylic acids is 1. The maximum atomic E-state index is 10.7. The molecular formula is C14H19N3O. The van der Waals surface area contributed by atoms with Crippen molar-refractivity contribution < 1.29 is 4.79 Å². The van der Waals surface area contributed by atoms with Crippen molar-refractivity contribution in [3.8, 4) is 6.07 Å². The Labute approximate surface area is 108 Å². The molecule has 1 atom stereocenters. The summed E-state index contributed by atoms with van der Waals surface area (Å²) in [7, 11) is 0. The Morgan fingerprint density at radius 2 is 2.22 bits per heavy atom. The number of carbonyl (C=O) groups is 1. The van der Waals surface area contributed by atoms with E-state index in [9.17, 15) is 4.79 Å². The molecule has 4 nitrogen and oxygen atoms in total. The van der Waals surface area contributed by atoms with Gasteiger partial charge in [-0.15, -0.1) is 0 Å². The van der Waals surface area contributed by atoms with Crippen molar-refractivity contribution in [1.82, 2.24) is 10.6 Å². The van der Waals surface area contributed by atoms with Crippen LogP contribution in [0, 0.1) is 18.3 Å². The van der Waals surface area contributed by atoms with E-state index in [2.05, 4.69) is 16.7 Å². The number of aryl methyl sites for hydroxylation is 1. The number of amides is 1. The van der Waals surface area contributed by atoms with Gasteiger partial charge in [0.05, 0.1) is 6.07 Å². The summed E-state index contributed by atoms with van der Waals surface area (Å²) < 4.78 is 0. The molecule has 0 radical (unpaired) electrons. The van der Waals surface area contributed by atoms with Crippen LogP contribution in [0.2, 0.25) is 0 Å². The van der Waals surface area contributed by atoms with Crippen LogP contribution in [-0.4, -0.2) is 19.0 Å². The lowest BCUT2D eigenvalue weighted by Gasteiger charge is -2.12. The van der Waals surface area contributed by atoms with Gasteiger partial charge in [-0.05, 0) is 25.5 Å². The van der Waals surface area contributed by atoms with E-state index in [1.807, 2.05) is 31.2 Å². The molecule has 2 N–H and O–H groups in total. The van der Waals surface area contributed by atoms with Crippen LogP contribution < -0.4 is 10.6 Å². The van der Waals surface area contributed by atoms with Crippen LogP contribution in [0.5, 0.6) is 0 Å². The normalized spacial score (nSPS) is 11.6. The summed E-state index contributed by atoms with van der Waals surface area (Å²) in [5.74, 6) is -0.0227. The maximum Gasteiger partial charge on any atom is 0.216 e. The molecule has 0 fully saturated rings. The molecule has 1 rings (SSSR count). The fourth-order valence-electron chi connectivity index (χ4n) is 1.69. The smallest absolute Gasteiger partial charge is 0.216 e. The highest BCUT2D eigenvalue weighted by Gasteiger charge is 2.08. The summed E-state index contributed by atoms with van der Waals surface area (Å²) in [6.45, 7) is 4.84. The number of rotatable bonds is 6. The topological polar surface area (TPSA) is 64.9 Å². The van der Waals surface area contributed by atoms with Crippen molar-refractivity contribution in [2.75, 3.05) is 13.1 Å². The second-order valence-corrected chi connectivity index (χ2v) is 4.27. The van der Waals surface area contributed by atoms with Gasteiger partial charge in [0.25, 0.3) is 0 Å². The minimum Gasteiger partial charge on any atom is -0.356 e. The Morgan fingerprint density at radius 1 is 1.44 bits per heavy atom. The lowest BCUT2D eigenvalue weighted by Crippen LogP contribution is -2.27. The molecule has 0 heterocycles. The highest BCUT2D eigenvalue weighted by molar-refractivity contribution is 5.72. The molecule has 0 spiro atoms. The first-order chi connectivity index (χ1) is 8.63. The second kappa shape index (κ2) is 7.46. The maximum absolute atomic E-state index is 10.7. The van der Waals surface area contributed by atoms with Gasteiger partial charge in [-0.2, -0.15) is 5.26 Å². The zero-order valence-electron chi connectivity index (χ0n) is 10.9. The van der Waals surface area contributed by atoms with Crippen molar-refractivity contribution in [2.24, 2.45) is 0 Å². The van der Waals surface area contributed by atoms with Crippen LogP contribution in [-0.2, 0) is 4.79 Å². The van der Waals surface area contributed by atoms with Gasteiger partial charge < -0.3 is 5.32 Å². The Kier molecular flexibility index (Phi) is 5.89. The molecule has 4 heteroatoms. The number of nitriles is 1. The molecule has 0 aromatic heterocycles. The van der Waals surface area contributed by atoms with Gasteiger partial charge in [0.2, 0.25) is 5.91 Å². The lowest BCUT2D eigenvalue weighted by atomic mass is 10.1. The van der Waals surface area contributed by atoms with Gasteiger partial charge in [0, 0.05) is 13.5 Å². The lowest BCUT2D eigenvalue weighted by molar-refractivity contribution is -0.118. The van der Waals surface area contributed by atoms with Crippen molar-refractivity contribution in [1.29, 1.82) is 5.26 Å². The van der Waals surface area contributed by atoms with Gasteiger partial charge in [-0.1, -0.05) is 29.8 Å². The number of benzene rings is 1. The molecule has 0 aliphatic heterocycles. The van der Waals surface area contributed by atoms with Gasteiger partial charge in [0.15, 0.2) is 0 Å². The summed E-state index contributed by atoms with van der Waals surface area (Å²) in [5.41, 5.74) is 2.13. The van der Waals surface area contributed by atoms with Crippen LogP contribution >= 0.6 is 0 Å². The first-order valence-corrected chi connectivity index (χ1v) is 6.07. The summed E-state index contributed by atoms with van der Waals surface area (Å²) in [5, 5.41) is 15.0. The van der Waals surface area contributed by atoms with Crippen LogP contribution in [0.3, 0.4) is 0 Å². The van der Waals surface area contributed by atoms with E-state index < -0.39 is 0 Å². The zero-order valence-corrected chi connectivity index (χ0v) is 10.9. The van der Waals surface area contributed by atoms with Gasteiger partial charge >= 0.3 is 0 Å². The zero-order chi connectivity index (χ0) is 13.4. The minimum atomic E-state index is -0.290. The molecule has 1 aromatic rings. The molecule has 18 heavy (non-hydrogen) atoms. The number of nitrogens with zero attached hydrogens (tertiary/aromatic N) is 1. The molecule has 0 bridgehead atoms. The predicted molar refractivity (Wildman–Crippen MR) is 70.8 cm³/mol. The Balaban J connectivity index is 2.39. The van der Waals surface area contributed by atoms with Crippen molar-refractivity contribution >= 4 is 5.91 Å². The van der Waals surface area contributed by atoms with E-state index in [0.29, 0.717) is 13.1 Å². The van der Waals surface area contributed by atoms with Crippen LogP contribution in [0.1, 0.15) is 30.5 Å². The third-order valence-electron chi connectivity index (χ3n) is 2.58. The monoisotopic (exact) mass is 245 g/mol. The SMILES string of the molecule is CC(=O)NCCCNC(C#N)c1cccc(C)c1. The number of hydrogen-bond donors (Lipinski definition) is 2. The molecule has 0 saturated carbocycles. The van der Waals surface area contributed by atoms with Gasteiger partial charge in [-0.3, -0.25) is 10.1 Å². The van der Waals surface area contributed by atoms with Gasteiger partial charge in [0.1, 0.15) is 6.04 Å². The third kappa shape index (κ3) is 4.98. The van der Waals surface area contributed by atoms with Crippen LogP contribution in [0.25, 0.3) is 0 Å². The third-order valence-corrected chi connectivity index (χ3v) is 2.58. The Morgan fingerprint density at radius 3 is 2.83 bits per heavy atom. The molecule has 1 unspecified atom stereocenters. The number of nitrogens with one attached hydrogen (secondary N) is 2. The molecule has 1 aromatic carbocycles. The van der Waals surface area contributed by atoms with Crippen molar-refractivity contribution in [2.45, 2.75) is 26.3 Å². The molecule has 96 valence electrons. The minimum absolute atomic E-state index is 0.0227. The van der Waals surface area contributed by atoms with Crippen molar-refractivity contribution in [3.63, 3.8) is 0 Å². The van der Waals surface area contributed by atoms with Gasteiger partial charge in [-0.25, -0.2) is 0 Å². The first kappa shape index (κ1) is 14.2. The standard InChI is InChI=1S/C14H19N3O/c1-11-5-3-6-13(9-11)14(10-15)17-8-4-7-16-12(2)18/h3,5-6,9,14,17H,4,7-8H2,1-2H3,(H,16,18). The fourth-order valence-corrected chi connectivity index (χ4v) is 1.69. The molecule has 1 amide bonds. The van der Waals surface area contributed by atoms with Crippen molar-refractivity contribution in [3.05, 3.63) is 35.4 Å². The quantitative estimate of drug-likeness (QED) is 0.749. The first-order valence-electron chi connectivity index (χ1n) is 6.07. The Hall–Kier alpha value is -1.86. The van der Waals surface area contributed by atoms with E-state index in [4.69, 9.17) is 5.26 Å². The average Bonchev–Trinajstić information content (AvgIpc) is 2.33. The average molecular weight is 245 g/mol. The summed E-state index contributed by atoms with van der Waals surface area (Å²) in [6.07, 6.45) is 0.809. The van der Waals surface area contributed by atoms with E-state index >= 15 is 0 Å². The van der Waals surface area contributed by atoms with Crippen LogP contribution in [0.4, 0.5) is 0 Å². The number of hydrogen-bond acceptors (Lipinski definition) is 3. The second-order valence-electron chi connectivity index (χ2n) is 4.27. The fraction of sp³-hybridized carbons (Fsp3) is 0.429. The van der Waals surface area contributed by atoms with E-state index in [0.717, 1.165) is 17.5 Å². The van der Waals surface area contributed by atoms with E-state index in [-0.39, 0.29) is 11.9 Å². The van der Waals surface area contributed by atoms with E-state index in [1.165, 1.54) is 6.92 Å². The molecule has 0 saturated heterocycles. The molecule has 0 aliphatic carbocycles. The Bertz CT molecular complexity index is 437. The molecule has 0 aliphatic rings. The largest absolute Gasteiger partial charge is 0.356 e. The highest BCUT2D eigenvalue weighted by atomic mass is 16.1. The highest BCUT2D eigenvalue weighted by Crippen LogP contribution is 2.13. The molecular weight excluding hydrogens is 226 g/mol. The summed E-state index contributed by atoms with van der Waals surface area (Å²) >= 11 is 0. The van der Waals surface area contributed by atoms with E-state index in [1.54, 1.807) is 0 Å². The predicted octanol–water partition coefficient (Wildman–Crippen LogP) is 1.68.